The number of methoxy groups -OCH3 is 1. The summed E-state index contributed by atoms with van der Waals surface area (Å²) in [6, 6.07) is 2.06. The largest absolute Gasteiger partial charge is 0.383 e. The van der Waals surface area contributed by atoms with Crippen molar-refractivity contribution in [3.05, 3.63) is 18.0 Å². The highest BCUT2D eigenvalue weighted by atomic mass is 16.5. The van der Waals surface area contributed by atoms with E-state index >= 15 is 0 Å². The molecular weight excluding hydrogens is 176 g/mol. The van der Waals surface area contributed by atoms with Crippen molar-refractivity contribution in [2.45, 2.75) is 40.2 Å². The molecule has 0 aromatic carbocycles. The molecule has 3 nitrogen and oxygen atoms in total. The van der Waals surface area contributed by atoms with Crippen LogP contribution in [0, 0.1) is 0 Å². The predicted molar refractivity (Wildman–Crippen MR) is 59.5 cm³/mol. The molecule has 1 aromatic rings. The molecule has 0 radical (unpaired) electrons. The highest BCUT2D eigenvalue weighted by Crippen LogP contribution is 2.09. The summed E-state index contributed by atoms with van der Waals surface area (Å²) in [7, 11) is 1.70. The minimum Gasteiger partial charge on any atom is -0.383 e. The molecule has 0 atom stereocenters. The fourth-order valence-corrected chi connectivity index (χ4v) is 0.995. The summed E-state index contributed by atoms with van der Waals surface area (Å²) < 4.78 is 6.87. The van der Waals surface area contributed by atoms with Gasteiger partial charge in [-0.1, -0.05) is 27.7 Å². The fraction of sp³-hybridized carbons (Fsp3) is 0.727. The molecule has 3 heteroatoms. The third-order valence-electron chi connectivity index (χ3n) is 1.78. The van der Waals surface area contributed by atoms with Crippen LogP contribution in [-0.4, -0.2) is 23.5 Å². The monoisotopic (exact) mass is 198 g/mol. The Hall–Kier alpha value is -0.830. The molecule has 1 aromatic heterocycles. The van der Waals surface area contributed by atoms with Crippen molar-refractivity contribution in [1.29, 1.82) is 0 Å². The van der Waals surface area contributed by atoms with Crippen LogP contribution in [0.5, 0.6) is 0 Å². The Morgan fingerprint density at radius 1 is 1.43 bits per heavy atom. The van der Waals surface area contributed by atoms with Crippen molar-refractivity contribution in [1.82, 2.24) is 9.78 Å². The molecule has 14 heavy (non-hydrogen) atoms. The van der Waals surface area contributed by atoms with E-state index in [4.69, 9.17) is 4.74 Å². The van der Waals surface area contributed by atoms with Crippen molar-refractivity contribution in [3.8, 4) is 0 Å². The van der Waals surface area contributed by atoms with E-state index < -0.39 is 0 Å². The summed E-state index contributed by atoms with van der Waals surface area (Å²) in [5.74, 6) is 0.508. The van der Waals surface area contributed by atoms with E-state index in [1.54, 1.807) is 7.11 Å². The van der Waals surface area contributed by atoms with Gasteiger partial charge in [0, 0.05) is 13.3 Å². The Labute approximate surface area is 87.1 Å². The van der Waals surface area contributed by atoms with Crippen LogP contribution in [-0.2, 0) is 11.3 Å². The lowest BCUT2D eigenvalue weighted by Gasteiger charge is -2.00. The van der Waals surface area contributed by atoms with Gasteiger partial charge in [0.25, 0.3) is 0 Å². The van der Waals surface area contributed by atoms with Crippen LogP contribution in [0.4, 0.5) is 0 Å². The molecule has 0 amide bonds. The number of aromatic nitrogens is 2. The van der Waals surface area contributed by atoms with Crippen LogP contribution in [0.1, 0.15) is 39.3 Å². The summed E-state index contributed by atoms with van der Waals surface area (Å²) in [4.78, 5) is 0. The highest BCUT2D eigenvalue weighted by molar-refractivity contribution is 5.03. The first-order valence-corrected chi connectivity index (χ1v) is 5.26. The number of nitrogens with zero attached hydrogens (tertiary/aromatic N) is 2. The zero-order chi connectivity index (χ0) is 11.0. The zero-order valence-corrected chi connectivity index (χ0v) is 9.95. The summed E-state index contributed by atoms with van der Waals surface area (Å²) in [6.45, 7) is 9.84. The van der Waals surface area contributed by atoms with Crippen LogP contribution >= 0.6 is 0 Å². The van der Waals surface area contributed by atoms with Crippen molar-refractivity contribution in [2.24, 2.45) is 0 Å². The van der Waals surface area contributed by atoms with Crippen molar-refractivity contribution < 1.29 is 4.74 Å². The van der Waals surface area contributed by atoms with Gasteiger partial charge in [-0.15, -0.1) is 0 Å². The molecule has 0 fully saturated rings. The number of ether oxygens (including phenoxy) is 1. The van der Waals surface area contributed by atoms with Gasteiger partial charge in [0.2, 0.25) is 0 Å². The van der Waals surface area contributed by atoms with Gasteiger partial charge in [0.05, 0.1) is 18.8 Å². The normalized spacial score (nSPS) is 9.86. The average molecular weight is 198 g/mol. The molecule has 0 aliphatic rings. The lowest BCUT2D eigenvalue weighted by Crippen LogP contribution is -2.05. The minimum absolute atomic E-state index is 0.508. The lowest BCUT2D eigenvalue weighted by atomic mass is 10.1. The summed E-state index contributed by atoms with van der Waals surface area (Å²) in [6.07, 6.45) is 1.99. The Kier molecular flexibility index (Phi) is 7.11. The Morgan fingerprint density at radius 2 is 2.07 bits per heavy atom. The maximum absolute atomic E-state index is 4.95. The molecule has 0 N–H and O–H groups in total. The van der Waals surface area contributed by atoms with Crippen LogP contribution in [0.2, 0.25) is 0 Å². The van der Waals surface area contributed by atoms with Crippen molar-refractivity contribution in [3.63, 3.8) is 0 Å². The summed E-state index contributed by atoms with van der Waals surface area (Å²) in [5.41, 5.74) is 1.14. The molecule has 0 saturated heterocycles. The molecule has 0 saturated carbocycles. The van der Waals surface area contributed by atoms with Gasteiger partial charge < -0.3 is 4.74 Å². The molecule has 0 spiro atoms. The first kappa shape index (κ1) is 13.2. The Bertz CT molecular complexity index is 231. The van der Waals surface area contributed by atoms with Gasteiger partial charge in [0.15, 0.2) is 0 Å². The highest BCUT2D eigenvalue weighted by Gasteiger charge is 2.02. The van der Waals surface area contributed by atoms with Crippen molar-refractivity contribution in [2.75, 3.05) is 13.7 Å². The molecule has 0 unspecified atom stereocenters. The zero-order valence-electron chi connectivity index (χ0n) is 9.95. The molecule has 82 valence electrons. The van der Waals surface area contributed by atoms with Crippen LogP contribution in [0.25, 0.3) is 0 Å². The number of hydrogen-bond donors (Lipinski definition) is 0. The van der Waals surface area contributed by atoms with Crippen LogP contribution < -0.4 is 0 Å². The smallest absolute Gasteiger partial charge is 0.0658 e. The molecule has 0 aliphatic heterocycles. The maximum Gasteiger partial charge on any atom is 0.0658 e. The van der Waals surface area contributed by atoms with Gasteiger partial charge in [-0.3, -0.25) is 4.68 Å². The lowest BCUT2D eigenvalue weighted by molar-refractivity contribution is 0.183. The third-order valence-corrected chi connectivity index (χ3v) is 1.78. The SMILES string of the molecule is CC.COCCn1ccc(C(C)C)n1. The second-order valence-corrected chi connectivity index (χ2v) is 3.15. The molecule has 1 heterocycles. The standard InChI is InChI=1S/C9H16N2O.C2H6/c1-8(2)9-4-5-11(10-9)6-7-12-3;1-2/h4-5,8H,6-7H2,1-3H3;1-2H3. The van der Waals surface area contributed by atoms with Crippen LogP contribution in [0.15, 0.2) is 12.3 Å². The van der Waals surface area contributed by atoms with Gasteiger partial charge in [0.1, 0.15) is 0 Å². The minimum atomic E-state index is 0.508. The predicted octanol–water partition coefficient (Wildman–Crippen LogP) is 2.68. The van der Waals surface area contributed by atoms with E-state index in [0.29, 0.717) is 5.92 Å². The summed E-state index contributed by atoms with van der Waals surface area (Å²) >= 11 is 0. The first-order valence-electron chi connectivity index (χ1n) is 5.26. The van der Waals surface area contributed by atoms with Crippen LogP contribution in [0.3, 0.4) is 0 Å². The number of hydrogen-bond acceptors (Lipinski definition) is 2. The van der Waals surface area contributed by atoms with Gasteiger partial charge in [-0.05, 0) is 12.0 Å². The van der Waals surface area contributed by atoms with Gasteiger partial charge in [-0.2, -0.15) is 5.10 Å². The molecule has 1 rings (SSSR count). The van der Waals surface area contributed by atoms with E-state index in [2.05, 4.69) is 25.0 Å². The maximum atomic E-state index is 4.95. The van der Waals surface area contributed by atoms with E-state index in [9.17, 15) is 0 Å². The molecule has 0 aliphatic carbocycles. The van der Waals surface area contributed by atoms with E-state index in [1.165, 1.54) is 0 Å². The number of rotatable bonds is 4. The topological polar surface area (TPSA) is 27.1 Å². The molecule has 0 bridgehead atoms. The van der Waals surface area contributed by atoms with E-state index in [1.807, 2.05) is 24.7 Å². The fourth-order valence-electron chi connectivity index (χ4n) is 0.995. The Balaban J connectivity index is 0.000000791. The third kappa shape index (κ3) is 4.42. The second-order valence-electron chi connectivity index (χ2n) is 3.15. The average Bonchev–Trinajstić information content (AvgIpc) is 2.66. The van der Waals surface area contributed by atoms with Crippen molar-refractivity contribution >= 4 is 0 Å². The van der Waals surface area contributed by atoms with Gasteiger partial charge >= 0.3 is 0 Å². The first-order chi connectivity index (χ1) is 6.74. The van der Waals surface area contributed by atoms with E-state index in [0.717, 1.165) is 18.8 Å². The summed E-state index contributed by atoms with van der Waals surface area (Å²) in [5, 5.41) is 4.38. The quantitative estimate of drug-likeness (QED) is 0.743. The Morgan fingerprint density at radius 3 is 2.50 bits per heavy atom. The second kappa shape index (κ2) is 7.56. The molecular formula is C11H22N2O. The van der Waals surface area contributed by atoms with E-state index in [-0.39, 0.29) is 0 Å². The van der Waals surface area contributed by atoms with Gasteiger partial charge in [-0.25, -0.2) is 0 Å².